The maximum Gasteiger partial charge on any atom is 5.00 e. The van der Waals surface area contributed by atoms with Crippen LogP contribution >= 0.6 is 0 Å². The van der Waals surface area contributed by atoms with Crippen molar-refractivity contribution in [2.45, 2.75) is 0 Å². The largest absolute Gasteiger partial charge is 5.00 e. The molecule has 8 radical (unpaired) electrons. The first-order chi connectivity index (χ1) is 0. The fourth-order valence-electron chi connectivity index (χ4n) is 0. The molecule has 0 bridgehead atoms. The molecule has 0 heterocycles. The number of hydrogen-bond donors (Lipinski definition) is 0. The van der Waals surface area contributed by atoms with Crippen LogP contribution in [0.4, 0.5) is 0 Å². The van der Waals surface area contributed by atoms with Crippen LogP contribution in [-0.4, -0.2) is 0 Å². The topological polar surface area (TPSA) is 335 Å². The molecule has 0 aromatic heterocycles. The molecule has 20 N–H and O–H groups in total. The minimum atomic E-state index is 0. The molecule has 0 fully saturated rings. The number of rotatable bonds is 0. The molecule has 0 saturated heterocycles. The molecule has 344 valence electrons. The Labute approximate surface area is 437 Å². The van der Waals surface area contributed by atoms with Gasteiger partial charge in [-0.2, -0.15) is 0 Å². The maximum absolute atomic E-state index is 0. The molecule has 0 aromatic carbocycles. The molecule has 0 aliphatic rings. The second-order valence-electron chi connectivity index (χ2n) is 0. The van der Waals surface area contributed by atoms with Gasteiger partial charge >= 0.3 is 158 Å². The quantitative estimate of drug-likeness (QED) is 0.204. The summed E-state index contributed by atoms with van der Waals surface area (Å²) >= 11 is 0. The zero-order valence-electron chi connectivity index (χ0n) is 38.6. The first kappa shape index (κ1) is 6400. The standard InChI is InChI=1S/30CH3.10H2N.8Os/h30*1H3;10*1H2;;;;;;;;/q40*-1;8*+5. The van der Waals surface area contributed by atoms with Gasteiger partial charge in [0.2, 0.25) is 0 Å². The van der Waals surface area contributed by atoms with E-state index in [9.17, 15) is 0 Å². The fraction of sp³-hybridized carbons (Fsp3) is 0. The molecule has 0 aliphatic heterocycles. The molecule has 0 aromatic rings. The Kier molecular flexibility index (Phi) is 805000. The molecule has 0 rings (SSSR count). The van der Waals surface area contributed by atoms with Gasteiger partial charge in [0.25, 0.3) is 0 Å². The van der Waals surface area contributed by atoms with Gasteiger partial charge in [-0.3, -0.25) is 0 Å². The summed E-state index contributed by atoms with van der Waals surface area (Å²) in [7, 11) is 0. The van der Waals surface area contributed by atoms with Crippen molar-refractivity contribution in [1.82, 2.24) is 0 Å². The third-order valence-corrected chi connectivity index (χ3v) is 0. The zero-order valence-corrected chi connectivity index (χ0v) is 58.9. The Morgan fingerprint density at radius 3 is 0.0625 bits per heavy atom. The molecule has 0 aliphatic carbocycles. The van der Waals surface area contributed by atoms with Crippen molar-refractivity contribution in [1.29, 1.82) is 0 Å². The van der Waals surface area contributed by atoms with Gasteiger partial charge in [0.05, 0.1) is 0 Å². The monoisotopic (exact) mass is 2150 g/mol. The minimum Gasteiger partial charge on any atom is -0.693 e. The van der Waals surface area contributed by atoms with Crippen molar-refractivity contribution in [2.24, 2.45) is 0 Å². The van der Waals surface area contributed by atoms with Gasteiger partial charge < -0.3 is 284 Å². The molecular weight excluding hydrogens is 2020 g/mol. The summed E-state index contributed by atoms with van der Waals surface area (Å²) < 4.78 is 0. The average molecular weight is 2130 g/mol. The van der Waals surface area contributed by atoms with E-state index in [4.69, 9.17) is 0 Å². The van der Waals surface area contributed by atoms with Gasteiger partial charge in [-0.15, -0.1) is 0 Å². The molecule has 0 saturated carbocycles. The van der Waals surface area contributed by atoms with Crippen molar-refractivity contribution in [3.8, 4) is 0 Å². The molecule has 10 nitrogen and oxygen atoms in total. The average Bonchev–Trinajstić information content (AvgIpc) is 0. The van der Waals surface area contributed by atoms with Crippen LogP contribution in [0.1, 0.15) is 0 Å². The van der Waals surface area contributed by atoms with Crippen LogP contribution < -0.4 is 0 Å². The summed E-state index contributed by atoms with van der Waals surface area (Å²) in [6.07, 6.45) is 0. The van der Waals surface area contributed by atoms with Crippen LogP contribution in [0.3, 0.4) is 0 Å². The van der Waals surface area contributed by atoms with Crippen LogP contribution in [0.2, 0.25) is 0 Å². The third-order valence-electron chi connectivity index (χ3n) is 0. The van der Waals surface area contributed by atoms with Crippen LogP contribution in [0, 0.1) is 223 Å². The van der Waals surface area contributed by atoms with Gasteiger partial charge in [0.15, 0.2) is 0 Å². The second-order valence-corrected chi connectivity index (χ2v) is 0. The van der Waals surface area contributed by atoms with E-state index in [1.165, 1.54) is 0 Å². The predicted molar refractivity (Wildman–Crippen MR) is 245 cm³/mol. The molecule has 18 heteroatoms. The van der Waals surface area contributed by atoms with E-state index in [0.29, 0.717) is 0 Å². The summed E-state index contributed by atoms with van der Waals surface area (Å²) in [5.41, 5.74) is 0. The van der Waals surface area contributed by atoms with E-state index in [2.05, 4.69) is 0 Å². The van der Waals surface area contributed by atoms with Crippen molar-refractivity contribution in [3.05, 3.63) is 284 Å². The minimum absolute atomic E-state index is 0. The van der Waals surface area contributed by atoms with E-state index >= 15 is 0 Å². The van der Waals surface area contributed by atoms with E-state index in [1.54, 1.807) is 0 Å². The second kappa shape index (κ2) is 6040. The van der Waals surface area contributed by atoms with Crippen molar-refractivity contribution < 1.29 is 158 Å². The first-order valence-electron chi connectivity index (χ1n) is 0. The van der Waals surface area contributed by atoms with Gasteiger partial charge in [-0.1, -0.05) is 0 Å². The van der Waals surface area contributed by atoms with Gasteiger partial charge in [-0.05, 0) is 0 Å². The fourth-order valence-corrected chi connectivity index (χ4v) is 0. The van der Waals surface area contributed by atoms with Crippen molar-refractivity contribution >= 4 is 0 Å². The van der Waals surface area contributed by atoms with Crippen LogP contribution in [0.25, 0.3) is 61.5 Å². The molecule has 48 heavy (non-hydrogen) atoms. The summed E-state index contributed by atoms with van der Waals surface area (Å²) in [5.74, 6) is 0. The summed E-state index contributed by atoms with van der Waals surface area (Å²) in [4.78, 5) is 0. The van der Waals surface area contributed by atoms with Gasteiger partial charge in [0.1, 0.15) is 0 Å². The smallest absolute Gasteiger partial charge is 0.693 e. The van der Waals surface area contributed by atoms with Gasteiger partial charge in [0, 0.05) is 0 Å². The van der Waals surface area contributed by atoms with E-state index in [0.717, 1.165) is 0 Å². The Morgan fingerprint density at radius 2 is 0.0625 bits per heavy atom. The normalized spacial score (nSPS) is 0. The van der Waals surface area contributed by atoms with Crippen LogP contribution in [0.15, 0.2) is 0 Å². The Hall–Kier alpha value is 4.69. The van der Waals surface area contributed by atoms with E-state index in [-0.39, 0.29) is 443 Å². The van der Waals surface area contributed by atoms with Gasteiger partial charge in [-0.25, -0.2) is 0 Å². The van der Waals surface area contributed by atoms with E-state index < -0.39 is 0 Å². The van der Waals surface area contributed by atoms with Crippen molar-refractivity contribution in [3.63, 3.8) is 0 Å². The van der Waals surface area contributed by atoms with Crippen molar-refractivity contribution in [2.75, 3.05) is 0 Å². The number of hydrogen-bond acceptors (Lipinski definition) is 0. The Bertz CT molecular complexity index is 63.7. The predicted octanol–water partition coefficient (Wildman–Crippen LogP) is 20.7. The zero-order chi connectivity index (χ0) is 0. The summed E-state index contributed by atoms with van der Waals surface area (Å²) in [6.45, 7) is 0. The Morgan fingerprint density at radius 1 is 0.0625 bits per heavy atom. The molecule has 0 amide bonds. The molecule has 0 spiro atoms. The van der Waals surface area contributed by atoms with Crippen LogP contribution in [0.5, 0.6) is 0 Å². The molecule has 0 unspecified atom stereocenters. The maximum atomic E-state index is 0. The molecule has 0 atom stereocenters. The summed E-state index contributed by atoms with van der Waals surface area (Å²) in [6, 6.07) is 0. The van der Waals surface area contributed by atoms with E-state index in [1.807, 2.05) is 0 Å². The Balaban J connectivity index is 0. The number of nitrogens with two attached hydrogens (primary N) is 10. The summed E-state index contributed by atoms with van der Waals surface area (Å²) in [5, 5.41) is 0. The SMILES string of the molecule is [CH3-].[CH3-].[CH3-].[CH3-].[CH3-].[CH3-].[CH3-].[CH3-].[CH3-].[CH3-].[CH3-].[CH3-].[CH3-].[CH3-].[CH3-].[CH3-].[CH3-].[CH3-].[CH3-].[CH3-].[CH3-].[CH3-].[CH3-].[CH3-].[CH3-].[CH3-].[CH3-].[CH3-].[CH3-].[CH3-].[NH2-].[NH2-].[NH2-].[NH2-].[NH2-].[NH2-].[NH2-].[NH2-].[NH2-].[NH2-].[Os+5].[Os+5].[Os+5].[Os+5].[Os+5].[Os+5].[Os+5].[Os+5]. The third kappa shape index (κ3) is 5690. The molecular formula is C30H110N10Os8. The van der Waals surface area contributed by atoms with Crippen LogP contribution in [-0.2, 0) is 158 Å². The first-order valence-corrected chi connectivity index (χ1v) is 0.